The summed E-state index contributed by atoms with van der Waals surface area (Å²) in [5.41, 5.74) is 1.82. The summed E-state index contributed by atoms with van der Waals surface area (Å²) in [6.45, 7) is 2.60. The molecule has 42 heavy (non-hydrogen) atoms. The number of hydrogen-bond acceptors (Lipinski definition) is 6. The van der Waals surface area contributed by atoms with Gasteiger partial charge in [-0.15, -0.1) is 11.3 Å². The summed E-state index contributed by atoms with van der Waals surface area (Å²) in [5.74, 6) is -1.41. The molecule has 13 heteroatoms. The Morgan fingerprint density at radius 3 is 2.67 bits per heavy atom. The fourth-order valence-electron chi connectivity index (χ4n) is 6.59. The lowest BCUT2D eigenvalue weighted by molar-refractivity contribution is -0.148. The van der Waals surface area contributed by atoms with E-state index in [9.17, 15) is 33.1 Å². The Bertz CT molecular complexity index is 1600. The average Bonchev–Trinajstić information content (AvgIpc) is 3.48. The summed E-state index contributed by atoms with van der Waals surface area (Å²) in [4.78, 5) is 66.7. The molecule has 10 nitrogen and oxygen atoms in total. The summed E-state index contributed by atoms with van der Waals surface area (Å²) < 4.78 is 26.5. The van der Waals surface area contributed by atoms with Gasteiger partial charge in [0.25, 0.3) is 5.91 Å². The molecule has 3 aliphatic rings. The van der Waals surface area contributed by atoms with E-state index in [1.54, 1.807) is 40.1 Å². The predicted molar refractivity (Wildman–Crippen MR) is 155 cm³/mol. The number of carbonyl (C=O) groups excluding carboxylic acids is 3. The van der Waals surface area contributed by atoms with Gasteiger partial charge in [0, 0.05) is 41.5 Å². The Morgan fingerprint density at radius 2 is 1.93 bits per heavy atom. The van der Waals surface area contributed by atoms with Crippen molar-refractivity contribution in [2.75, 3.05) is 13.1 Å². The highest BCUT2D eigenvalue weighted by atomic mass is 32.1. The molecule has 5 heterocycles. The zero-order chi connectivity index (χ0) is 29.8. The highest BCUT2D eigenvalue weighted by Gasteiger charge is 2.48. The van der Waals surface area contributed by atoms with Crippen molar-refractivity contribution in [3.8, 4) is 0 Å². The number of fused-ring (bicyclic) bond motifs is 2. The molecule has 3 N–H and O–H groups in total. The molecule has 222 valence electrons. The molecule has 3 saturated heterocycles. The molecule has 3 aromatic rings. The molecular weight excluding hydrogens is 582 g/mol. The normalized spacial score (nSPS) is 23.0. The highest BCUT2D eigenvalue weighted by molar-refractivity contribution is 7.50. The minimum absolute atomic E-state index is 0.0554. The summed E-state index contributed by atoms with van der Waals surface area (Å²) >= 11 is 1.24. The van der Waals surface area contributed by atoms with Crippen molar-refractivity contribution >= 4 is 46.7 Å². The zero-order valence-corrected chi connectivity index (χ0v) is 24.7. The summed E-state index contributed by atoms with van der Waals surface area (Å²) in [7, 11) is -4.22. The highest BCUT2D eigenvalue weighted by Crippen LogP contribution is 2.40. The van der Waals surface area contributed by atoms with E-state index in [0.29, 0.717) is 47.3 Å². The van der Waals surface area contributed by atoms with Gasteiger partial charge in [-0.2, -0.15) is 4.39 Å². The van der Waals surface area contributed by atoms with E-state index in [1.807, 2.05) is 6.92 Å². The van der Waals surface area contributed by atoms with Crippen molar-refractivity contribution in [1.29, 1.82) is 0 Å². The van der Waals surface area contributed by atoms with Crippen LogP contribution >= 0.6 is 18.9 Å². The number of likely N-dealkylation sites (tertiary alicyclic amines) is 1. The largest absolute Gasteiger partial charge is 0.340 e. The molecule has 6 rings (SSSR count). The number of rotatable bonds is 6. The lowest BCUT2D eigenvalue weighted by Crippen LogP contribution is -2.58. The Labute approximate surface area is 246 Å². The standard InChI is InChI=1S/C29H32FN4O6PS/c1-16-9-10-31-26(30)25(16)19-13-33(14-19)29(37)22-7-6-20-3-2-4-21(28(36)34(20)22)32-27(35)24-12-18-11-17(15-41(38,39)40)5-8-23(18)42-24/h5,8-12,19-22H,2-4,6-7,13-15H2,1H3,(H,32,35)(H2,38,39,40)/t20-,21-,22-/m0/s1. The van der Waals surface area contributed by atoms with Crippen LogP contribution in [0.3, 0.4) is 0 Å². The molecule has 1 aromatic carbocycles. The van der Waals surface area contributed by atoms with Gasteiger partial charge in [0.2, 0.25) is 17.8 Å². The van der Waals surface area contributed by atoms with E-state index in [4.69, 9.17) is 0 Å². The number of hydrogen-bond donors (Lipinski definition) is 3. The predicted octanol–water partition coefficient (Wildman–Crippen LogP) is 3.69. The number of pyridine rings is 1. The van der Waals surface area contributed by atoms with Crippen LogP contribution in [0, 0.1) is 12.9 Å². The topological polar surface area (TPSA) is 140 Å². The van der Waals surface area contributed by atoms with Crippen LogP contribution in [0.1, 0.15) is 64.4 Å². The number of benzene rings is 1. The van der Waals surface area contributed by atoms with Crippen LogP contribution in [-0.4, -0.2) is 73.5 Å². The van der Waals surface area contributed by atoms with Crippen LogP contribution in [0.15, 0.2) is 36.5 Å². The van der Waals surface area contributed by atoms with Crippen molar-refractivity contribution in [2.45, 2.75) is 69.2 Å². The first kappa shape index (κ1) is 28.9. The van der Waals surface area contributed by atoms with E-state index in [2.05, 4.69) is 10.3 Å². The van der Waals surface area contributed by atoms with Crippen LogP contribution in [-0.2, 0) is 20.3 Å². The van der Waals surface area contributed by atoms with Crippen LogP contribution in [0.25, 0.3) is 10.1 Å². The number of halogens is 1. The first-order valence-corrected chi connectivity index (χ1v) is 16.7. The first-order valence-electron chi connectivity index (χ1n) is 14.1. The van der Waals surface area contributed by atoms with E-state index in [1.165, 1.54) is 17.5 Å². The summed E-state index contributed by atoms with van der Waals surface area (Å²) in [5, 5.41) is 3.59. The fraction of sp³-hybridized carbons (Fsp3) is 0.448. The van der Waals surface area contributed by atoms with Crippen molar-refractivity contribution in [3.63, 3.8) is 0 Å². The van der Waals surface area contributed by atoms with Crippen LogP contribution < -0.4 is 5.32 Å². The lowest BCUT2D eigenvalue weighted by Gasteiger charge is -2.43. The number of thiophene rings is 1. The van der Waals surface area contributed by atoms with Gasteiger partial charge in [0.05, 0.1) is 11.0 Å². The maximum absolute atomic E-state index is 14.3. The molecule has 2 aromatic heterocycles. The van der Waals surface area contributed by atoms with E-state index in [-0.39, 0.29) is 29.9 Å². The lowest BCUT2D eigenvalue weighted by atomic mass is 9.88. The second kappa shape index (κ2) is 11.1. The van der Waals surface area contributed by atoms with Crippen molar-refractivity contribution < 1.29 is 33.1 Å². The molecule has 3 fully saturated rings. The summed E-state index contributed by atoms with van der Waals surface area (Å²) in [6, 6.07) is 7.03. The van der Waals surface area contributed by atoms with Gasteiger partial charge in [-0.05, 0) is 79.8 Å². The molecule has 0 aliphatic carbocycles. The van der Waals surface area contributed by atoms with Crippen molar-refractivity contribution in [1.82, 2.24) is 20.1 Å². The quantitative estimate of drug-likeness (QED) is 0.284. The van der Waals surface area contributed by atoms with Gasteiger partial charge in [0.15, 0.2) is 0 Å². The maximum atomic E-state index is 14.3. The third-order valence-electron chi connectivity index (χ3n) is 8.63. The smallest absolute Gasteiger partial charge is 0.329 e. The van der Waals surface area contributed by atoms with Gasteiger partial charge < -0.3 is 24.9 Å². The Balaban J connectivity index is 1.13. The number of nitrogens with one attached hydrogen (secondary N) is 1. The third-order valence-corrected chi connectivity index (χ3v) is 10.5. The van der Waals surface area contributed by atoms with Gasteiger partial charge in [-0.3, -0.25) is 18.9 Å². The molecule has 0 spiro atoms. The van der Waals surface area contributed by atoms with E-state index in [0.717, 1.165) is 29.5 Å². The van der Waals surface area contributed by atoms with Crippen molar-refractivity contribution in [2.24, 2.45) is 0 Å². The SMILES string of the molecule is Cc1ccnc(F)c1C1CN(C(=O)[C@@H]2CC[C@@H]3CCC[C@H](NC(=O)c4cc5cc(CP(=O)(O)O)ccc5s4)C(=O)N32)C1. The van der Waals surface area contributed by atoms with Crippen molar-refractivity contribution in [3.05, 3.63) is 64.0 Å². The monoisotopic (exact) mass is 614 g/mol. The van der Waals surface area contributed by atoms with E-state index >= 15 is 0 Å². The second-order valence-corrected chi connectivity index (χ2v) is 14.3. The summed E-state index contributed by atoms with van der Waals surface area (Å²) in [6.07, 6.45) is 4.31. The molecule has 3 amide bonds. The number of aryl methyl sites for hydroxylation is 1. The van der Waals surface area contributed by atoms with Gasteiger partial charge in [-0.25, -0.2) is 4.98 Å². The third kappa shape index (κ3) is 5.60. The van der Waals surface area contributed by atoms with E-state index < -0.39 is 31.5 Å². The molecule has 0 unspecified atom stereocenters. The number of amides is 3. The molecule has 3 atom stereocenters. The Hall–Kier alpha value is -3.18. The van der Waals surface area contributed by atoms with Gasteiger partial charge >= 0.3 is 7.60 Å². The molecule has 0 saturated carbocycles. The minimum atomic E-state index is -4.22. The number of aromatic nitrogens is 1. The van der Waals surface area contributed by atoms with Crippen LogP contribution in [0.5, 0.6) is 0 Å². The van der Waals surface area contributed by atoms with Gasteiger partial charge in [-0.1, -0.05) is 6.07 Å². The number of nitrogens with zero attached hydrogens (tertiary/aromatic N) is 3. The number of carbonyl (C=O) groups is 3. The maximum Gasteiger partial charge on any atom is 0.329 e. The van der Waals surface area contributed by atoms with Gasteiger partial charge in [0.1, 0.15) is 12.1 Å². The molecule has 0 radical (unpaired) electrons. The Morgan fingerprint density at radius 1 is 1.14 bits per heavy atom. The molecular formula is C29H32FN4O6PS. The molecule has 0 bridgehead atoms. The second-order valence-electron chi connectivity index (χ2n) is 11.5. The van der Waals surface area contributed by atoms with Crippen LogP contribution in [0.4, 0.5) is 4.39 Å². The average molecular weight is 615 g/mol. The fourth-order valence-corrected chi connectivity index (χ4v) is 8.20. The van der Waals surface area contributed by atoms with Crippen LogP contribution in [0.2, 0.25) is 0 Å². The minimum Gasteiger partial charge on any atom is -0.340 e. The first-order chi connectivity index (χ1) is 20.0. The molecule has 3 aliphatic heterocycles. The Kier molecular flexibility index (Phi) is 7.67. The zero-order valence-electron chi connectivity index (χ0n) is 23.0.